The standard InChI is InChI=1S/C20H28N2O6/c1-3-11-27-16-6-8-17(9-7-16)28-14-19(24)21(2)13-18(23)22-10-4-5-15(12-22)20(25)26/h6-9,15H,3-5,10-14H2,1-2H3,(H,25,26). The third kappa shape index (κ3) is 6.44. The lowest BCUT2D eigenvalue weighted by Crippen LogP contribution is -2.47. The van der Waals surface area contributed by atoms with Gasteiger partial charge >= 0.3 is 5.97 Å². The minimum absolute atomic E-state index is 0.0989. The van der Waals surface area contributed by atoms with E-state index in [-0.39, 0.29) is 31.5 Å². The summed E-state index contributed by atoms with van der Waals surface area (Å²) in [6.07, 6.45) is 2.15. The molecule has 0 radical (unpaired) electrons. The first-order chi connectivity index (χ1) is 13.4. The van der Waals surface area contributed by atoms with E-state index in [2.05, 4.69) is 0 Å². The molecule has 1 N–H and O–H groups in total. The van der Waals surface area contributed by atoms with Gasteiger partial charge in [-0.25, -0.2) is 0 Å². The van der Waals surface area contributed by atoms with Crippen LogP contribution in [-0.4, -0.2) is 72.6 Å². The van der Waals surface area contributed by atoms with Crippen LogP contribution in [-0.2, 0) is 14.4 Å². The molecule has 1 aromatic rings. The van der Waals surface area contributed by atoms with Crippen molar-refractivity contribution in [1.82, 2.24) is 9.80 Å². The lowest BCUT2D eigenvalue weighted by Gasteiger charge is -2.32. The predicted octanol–water partition coefficient (Wildman–Crippen LogP) is 1.64. The SMILES string of the molecule is CCCOc1ccc(OCC(=O)N(C)CC(=O)N2CCCC(C(=O)O)C2)cc1. The molecule has 1 heterocycles. The Morgan fingerprint density at radius 1 is 1.18 bits per heavy atom. The van der Waals surface area contributed by atoms with E-state index in [0.717, 1.165) is 12.2 Å². The van der Waals surface area contributed by atoms with E-state index in [1.807, 2.05) is 6.92 Å². The summed E-state index contributed by atoms with van der Waals surface area (Å²) in [5.74, 6) is -0.722. The molecule has 0 bridgehead atoms. The minimum atomic E-state index is -0.888. The highest BCUT2D eigenvalue weighted by Gasteiger charge is 2.29. The Morgan fingerprint density at radius 3 is 2.43 bits per heavy atom. The van der Waals surface area contributed by atoms with Gasteiger partial charge in [0.1, 0.15) is 11.5 Å². The van der Waals surface area contributed by atoms with E-state index in [1.54, 1.807) is 24.3 Å². The molecule has 28 heavy (non-hydrogen) atoms. The number of likely N-dealkylation sites (N-methyl/N-ethyl adjacent to an activating group) is 1. The number of aliphatic carboxylic acids is 1. The van der Waals surface area contributed by atoms with Crippen molar-refractivity contribution in [2.45, 2.75) is 26.2 Å². The summed E-state index contributed by atoms with van der Waals surface area (Å²) in [6.45, 7) is 3.10. The molecule has 1 saturated heterocycles. The van der Waals surface area contributed by atoms with Crippen LogP contribution in [0.2, 0.25) is 0 Å². The number of carbonyl (C=O) groups is 3. The molecule has 1 unspecified atom stereocenters. The van der Waals surface area contributed by atoms with E-state index in [9.17, 15) is 14.4 Å². The van der Waals surface area contributed by atoms with E-state index in [1.165, 1.54) is 16.8 Å². The van der Waals surface area contributed by atoms with Gasteiger partial charge in [-0.15, -0.1) is 0 Å². The molecule has 1 aliphatic heterocycles. The number of amides is 2. The maximum atomic E-state index is 12.4. The highest BCUT2D eigenvalue weighted by Crippen LogP contribution is 2.18. The molecule has 0 aromatic heterocycles. The average Bonchev–Trinajstić information content (AvgIpc) is 2.71. The van der Waals surface area contributed by atoms with Gasteiger partial charge in [-0.3, -0.25) is 14.4 Å². The molecule has 2 amide bonds. The molecule has 1 aromatic carbocycles. The molecule has 0 spiro atoms. The van der Waals surface area contributed by atoms with Crippen molar-refractivity contribution in [2.24, 2.45) is 5.92 Å². The molecular weight excluding hydrogens is 364 g/mol. The van der Waals surface area contributed by atoms with E-state index in [4.69, 9.17) is 14.6 Å². The molecule has 8 nitrogen and oxygen atoms in total. The van der Waals surface area contributed by atoms with Gasteiger partial charge in [0, 0.05) is 20.1 Å². The number of hydrogen-bond donors (Lipinski definition) is 1. The number of ether oxygens (including phenoxy) is 2. The number of hydrogen-bond acceptors (Lipinski definition) is 5. The maximum Gasteiger partial charge on any atom is 0.308 e. The molecule has 1 atom stereocenters. The van der Waals surface area contributed by atoms with Gasteiger partial charge in [-0.1, -0.05) is 6.92 Å². The number of carboxylic acid groups (broad SMARTS) is 1. The topological polar surface area (TPSA) is 96.4 Å². The van der Waals surface area contributed by atoms with E-state index in [0.29, 0.717) is 31.7 Å². The summed E-state index contributed by atoms with van der Waals surface area (Å²) >= 11 is 0. The van der Waals surface area contributed by atoms with Crippen molar-refractivity contribution in [3.8, 4) is 11.5 Å². The maximum absolute atomic E-state index is 12.4. The van der Waals surface area contributed by atoms with Crippen LogP contribution in [0.25, 0.3) is 0 Å². The second kappa shape index (κ2) is 10.5. The molecule has 1 fully saturated rings. The van der Waals surface area contributed by atoms with Crippen molar-refractivity contribution >= 4 is 17.8 Å². The van der Waals surface area contributed by atoms with Gasteiger partial charge < -0.3 is 24.4 Å². The first-order valence-electron chi connectivity index (χ1n) is 9.51. The number of carboxylic acids is 1. The molecule has 2 rings (SSSR count). The van der Waals surface area contributed by atoms with Crippen LogP contribution in [0.5, 0.6) is 11.5 Å². The fraction of sp³-hybridized carbons (Fsp3) is 0.550. The van der Waals surface area contributed by atoms with Crippen LogP contribution in [0, 0.1) is 5.92 Å². The van der Waals surface area contributed by atoms with Crippen LogP contribution in [0.3, 0.4) is 0 Å². The van der Waals surface area contributed by atoms with E-state index >= 15 is 0 Å². The molecule has 154 valence electrons. The summed E-state index contributed by atoms with van der Waals surface area (Å²) < 4.78 is 11.0. The Hall–Kier alpha value is -2.77. The number of piperidine rings is 1. The Bertz CT molecular complexity index is 676. The van der Waals surface area contributed by atoms with Crippen molar-refractivity contribution in [3.05, 3.63) is 24.3 Å². The van der Waals surface area contributed by atoms with Gasteiger partial charge in [0.05, 0.1) is 19.1 Å². The van der Waals surface area contributed by atoms with Crippen molar-refractivity contribution in [3.63, 3.8) is 0 Å². The number of nitrogens with zero attached hydrogens (tertiary/aromatic N) is 2. The Morgan fingerprint density at radius 2 is 1.82 bits per heavy atom. The Balaban J connectivity index is 1.77. The predicted molar refractivity (Wildman–Crippen MR) is 102 cm³/mol. The number of likely N-dealkylation sites (tertiary alicyclic amines) is 1. The fourth-order valence-electron chi connectivity index (χ4n) is 2.90. The molecule has 0 aliphatic carbocycles. The highest BCUT2D eigenvalue weighted by atomic mass is 16.5. The van der Waals surface area contributed by atoms with Gasteiger partial charge in [0.15, 0.2) is 6.61 Å². The number of rotatable bonds is 9. The monoisotopic (exact) mass is 392 g/mol. The average molecular weight is 392 g/mol. The lowest BCUT2D eigenvalue weighted by molar-refractivity contribution is -0.147. The van der Waals surface area contributed by atoms with E-state index < -0.39 is 11.9 Å². The Kier molecular flexibility index (Phi) is 8.10. The molecule has 8 heteroatoms. The molecular formula is C20H28N2O6. The zero-order chi connectivity index (χ0) is 20.5. The minimum Gasteiger partial charge on any atom is -0.494 e. The smallest absolute Gasteiger partial charge is 0.308 e. The lowest BCUT2D eigenvalue weighted by atomic mass is 9.98. The zero-order valence-electron chi connectivity index (χ0n) is 16.4. The third-order valence-electron chi connectivity index (χ3n) is 4.58. The fourth-order valence-corrected chi connectivity index (χ4v) is 2.90. The van der Waals surface area contributed by atoms with Crippen LogP contribution in [0.4, 0.5) is 0 Å². The van der Waals surface area contributed by atoms with Crippen LogP contribution in [0.1, 0.15) is 26.2 Å². The summed E-state index contributed by atoms with van der Waals surface area (Å²) in [4.78, 5) is 38.5. The Labute approximate surface area is 165 Å². The van der Waals surface area contributed by atoms with Crippen LogP contribution < -0.4 is 9.47 Å². The molecule has 0 saturated carbocycles. The highest BCUT2D eigenvalue weighted by molar-refractivity contribution is 5.85. The van der Waals surface area contributed by atoms with Gasteiger partial charge in [-0.2, -0.15) is 0 Å². The first kappa shape index (κ1) is 21.5. The summed E-state index contributed by atoms with van der Waals surface area (Å²) in [6, 6.07) is 7.00. The number of carbonyl (C=O) groups excluding carboxylic acids is 2. The van der Waals surface area contributed by atoms with Gasteiger partial charge in [-0.05, 0) is 43.5 Å². The third-order valence-corrected chi connectivity index (χ3v) is 4.58. The summed E-state index contributed by atoms with van der Waals surface area (Å²) in [5, 5.41) is 9.12. The number of benzene rings is 1. The van der Waals surface area contributed by atoms with Gasteiger partial charge in [0.2, 0.25) is 5.91 Å². The van der Waals surface area contributed by atoms with Gasteiger partial charge in [0.25, 0.3) is 5.91 Å². The zero-order valence-corrected chi connectivity index (χ0v) is 16.4. The summed E-state index contributed by atoms with van der Waals surface area (Å²) in [5.41, 5.74) is 0. The second-order valence-corrected chi connectivity index (χ2v) is 6.88. The normalized spacial score (nSPS) is 16.4. The summed E-state index contributed by atoms with van der Waals surface area (Å²) in [7, 11) is 1.53. The quantitative estimate of drug-likeness (QED) is 0.686. The second-order valence-electron chi connectivity index (χ2n) is 6.88. The van der Waals surface area contributed by atoms with Crippen molar-refractivity contribution in [2.75, 3.05) is 39.9 Å². The first-order valence-corrected chi connectivity index (χ1v) is 9.51. The molecule has 1 aliphatic rings. The van der Waals surface area contributed by atoms with Crippen LogP contribution in [0.15, 0.2) is 24.3 Å². The van der Waals surface area contributed by atoms with Crippen molar-refractivity contribution in [1.29, 1.82) is 0 Å². The van der Waals surface area contributed by atoms with Crippen molar-refractivity contribution < 1.29 is 29.0 Å². The van der Waals surface area contributed by atoms with Crippen LogP contribution >= 0.6 is 0 Å². The largest absolute Gasteiger partial charge is 0.494 e.